The molecule has 3 rings (SSSR count). The fourth-order valence-corrected chi connectivity index (χ4v) is 4.02. The summed E-state index contributed by atoms with van der Waals surface area (Å²) in [5.74, 6) is 0.837. The largest absolute Gasteiger partial charge is 0.483 e. The van der Waals surface area contributed by atoms with E-state index in [9.17, 15) is 8.42 Å². The summed E-state index contributed by atoms with van der Waals surface area (Å²) in [5, 5.41) is 6.89. The van der Waals surface area contributed by atoms with Crippen molar-refractivity contribution in [3.63, 3.8) is 0 Å². The molecule has 0 aliphatic carbocycles. The van der Waals surface area contributed by atoms with Crippen molar-refractivity contribution in [2.45, 2.75) is 6.04 Å². The van der Waals surface area contributed by atoms with Gasteiger partial charge in [0.1, 0.15) is 5.82 Å². The second-order valence-corrected chi connectivity index (χ2v) is 8.28. The van der Waals surface area contributed by atoms with Gasteiger partial charge >= 0.3 is 0 Å². The first-order valence-corrected chi connectivity index (χ1v) is 9.65. The summed E-state index contributed by atoms with van der Waals surface area (Å²) in [4.78, 5) is 12.8. The van der Waals surface area contributed by atoms with E-state index in [2.05, 4.69) is 4.98 Å². The third kappa shape index (κ3) is 4.69. The number of imidazole rings is 1. The van der Waals surface area contributed by atoms with Gasteiger partial charge in [0.25, 0.3) is 6.47 Å². The number of rotatable bonds is 5. The molecule has 0 bridgehead atoms. The van der Waals surface area contributed by atoms with Crippen molar-refractivity contribution in [1.82, 2.24) is 13.9 Å². The third-order valence-corrected chi connectivity index (χ3v) is 6.17. The predicted molar refractivity (Wildman–Crippen MR) is 97.2 cm³/mol. The van der Waals surface area contributed by atoms with Crippen LogP contribution in [-0.2, 0) is 19.6 Å². The summed E-state index contributed by atoms with van der Waals surface area (Å²) < 4.78 is 33.3. The molecule has 0 amide bonds. The van der Waals surface area contributed by atoms with Crippen molar-refractivity contribution in [1.29, 1.82) is 0 Å². The first-order chi connectivity index (χ1) is 12.4. The molecule has 1 fully saturated rings. The molecule has 142 valence electrons. The average Bonchev–Trinajstić information content (AvgIpc) is 3.24. The highest BCUT2D eigenvalue weighted by Gasteiger charge is 2.35. The molecule has 2 heterocycles. The Hall–Kier alpha value is -2.23. The number of carbonyl (C=O) groups is 1. The third-order valence-electron chi connectivity index (χ3n) is 4.20. The molecule has 2 aromatic rings. The lowest BCUT2D eigenvalue weighted by Crippen LogP contribution is -2.32. The van der Waals surface area contributed by atoms with Crippen molar-refractivity contribution in [2.75, 3.05) is 33.1 Å². The van der Waals surface area contributed by atoms with Gasteiger partial charge in [-0.1, -0.05) is 30.3 Å². The smallest absolute Gasteiger partial charge is 0.290 e. The predicted octanol–water partition coefficient (Wildman–Crippen LogP) is 1.33. The van der Waals surface area contributed by atoms with Gasteiger partial charge in [-0.2, -0.15) is 0 Å². The van der Waals surface area contributed by atoms with E-state index in [4.69, 9.17) is 14.6 Å². The van der Waals surface area contributed by atoms with Crippen LogP contribution in [0, 0.1) is 5.92 Å². The van der Waals surface area contributed by atoms with E-state index >= 15 is 0 Å². The van der Waals surface area contributed by atoms with Gasteiger partial charge in [-0.15, -0.1) is 0 Å². The highest BCUT2D eigenvalue weighted by molar-refractivity contribution is 7.89. The molecule has 1 saturated heterocycles. The summed E-state index contributed by atoms with van der Waals surface area (Å²) in [6.45, 7) is 0.702. The van der Waals surface area contributed by atoms with E-state index in [1.165, 1.54) is 4.31 Å². The second kappa shape index (κ2) is 8.93. The quantitative estimate of drug-likeness (QED) is 0.784. The van der Waals surface area contributed by atoms with Gasteiger partial charge in [0.05, 0.1) is 25.0 Å². The summed E-state index contributed by atoms with van der Waals surface area (Å²) >= 11 is 0. The Morgan fingerprint density at radius 1 is 1.31 bits per heavy atom. The molecule has 1 aliphatic heterocycles. The van der Waals surface area contributed by atoms with Crippen LogP contribution >= 0.6 is 0 Å². The number of ether oxygens (including phenoxy) is 1. The van der Waals surface area contributed by atoms with Gasteiger partial charge in [0.15, 0.2) is 0 Å². The van der Waals surface area contributed by atoms with Gasteiger partial charge in [-0.3, -0.25) is 4.79 Å². The van der Waals surface area contributed by atoms with Crippen molar-refractivity contribution in [3.05, 3.63) is 42.7 Å². The highest BCUT2D eigenvalue weighted by Crippen LogP contribution is 2.31. The monoisotopic (exact) mass is 381 g/mol. The minimum absolute atomic E-state index is 0.0255. The topological polar surface area (TPSA) is 102 Å². The molecule has 0 radical (unpaired) electrons. The summed E-state index contributed by atoms with van der Waals surface area (Å²) in [5.41, 5.74) is 1.01. The molecule has 9 heteroatoms. The van der Waals surface area contributed by atoms with Gasteiger partial charge in [0, 0.05) is 38.0 Å². The Morgan fingerprint density at radius 2 is 1.96 bits per heavy atom. The Bertz CT molecular complexity index is 805. The molecule has 2 atom stereocenters. The summed E-state index contributed by atoms with van der Waals surface area (Å²) in [6, 6.07) is 9.87. The number of hydrogen-bond acceptors (Lipinski definition) is 5. The Morgan fingerprint density at radius 3 is 2.58 bits per heavy atom. The molecule has 0 unspecified atom stereocenters. The minimum atomic E-state index is -3.26. The van der Waals surface area contributed by atoms with Crippen LogP contribution in [0.4, 0.5) is 0 Å². The van der Waals surface area contributed by atoms with Crippen LogP contribution in [0.1, 0.15) is 6.04 Å². The van der Waals surface area contributed by atoms with Crippen molar-refractivity contribution in [2.24, 2.45) is 5.92 Å². The maximum absolute atomic E-state index is 12.2. The molecular formula is C17H23N3O5S. The van der Waals surface area contributed by atoms with Crippen LogP contribution in [0.15, 0.2) is 42.7 Å². The number of nitrogens with zero attached hydrogens (tertiary/aromatic N) is 3. The zero-order valence-corrected chi connectivity index (χ0v) is 15.5. The summed E-state index contributed by atoms with van der Waals surface area (Å²) in [7, 11) is -0.139. The maximum Gasteiger partial charge on any atom is 0.290 e. The zero-order chi connectivity index (χ0) is 19.2. The van der Waals surface area contributed by atoms with E-state index in [-0.39, 0.29) is 24.2 Å². The van der Waals surface area contributed by atoms with E-state index in [0.29, 0.717) is 13.2 Å². The standard InChI is InChI=1S/C16H21N3O3S.CH2O2/c1-18(2)23(20,21)12-14-10-22-11-15(14)19-9-8-17-16(19)13-6-4-3-5-7-13;2-1-3/h3-9,14-15H,10-12H2,1-2H3;1H,(H,2,3)/t14-,15-;/m1./s1. The number of aromatic nitrogens is 2. The molecule has 1 aromatic carbocycles. The van der Waals surface area contributed by atoms with Gasteiger partial charge in [-0.05, 0) is 0 Å². The Labute approximate surface area is 153 Å². The van der Waals surface area contributed by atoms with Crippen LogP contribution in [0.5, 0.6) is 0 Å². The normalized spacial score (nSPS) is 19.8. The molecule has 26 heavy (non-hydrogen) atoms. The van der Waals surface area contributed by atoms with E-state index in [0.717, 1.165) is 11.4 Å². The maximum atomic E-state index is 12.2. The summed E-state index contributed by atoms with van der Waals surface area (Å²) in [6.07, 6.45) is 3.65. The first-order valence-electron chi connectivity index (χ1n) is 8.04. The Balaban J connectivity index is 0.000000758. The van der Waals surface area contributed by atoms with Crippen LogP contribution < -0.4 is 0 Å². The molecule has 1 N–H and O–H groups in total. The fraction of sp³-hybridized carbons (Fsp3) is 0.412. The number of benzene rings is 1. The van der Waals surface area contributed by atoms with Gasteiger partial charge in [-0.25, -0.2) is 17.7 Å². The lowest BCUT2D eigenvalue weighted by molar-refractivity contribution is -0.122. The van der Waals surface area contributed by atoms with Crippen molar-refractivity contribution in [3.8, 4) is 11.4 Å². The molecule has 0 saturated carbocycles. The van der Waals surface area contributed by atoms with Crippen molar-refractivity contribution < 1.29 is 23.1 Å². The first kappa shape index (κ1) is 20.1. The molecule has 0 spiro atoms. The van der Waals surface area contributed by atoms with Crippen molar-refractivity contribution >= 4 is 16.5 Å². The fourth-order valence-electron chi connectivity index (χ4n) is 2.87. The van der Waals surface area contributed by atoms with E-state index < -0.39 is 10.0 Å². The average molecular weight is 381 g/mol. The van der Waals surface area contributed by atoms with Crippen LogP contribution in [0.25, 0.3) is 11.4 Å². The van der Waals surface area contributed by atoms with E-state index in [1.54, 1.807) is 20.3 Å². The van der Waals surface area contributed by atoms with Gasteiger partial charge < -0.3 is 14.4 Å². The number of carboxylic acid groups (broad SMARTS) is 1. The molecule has 1 aromatic heterocycles. The number of sulfonamides is 1. The van der Waals surface area contributed by atoms with Crippen LogP contribution in [0.2, 0.25) is 0 Å². The highest BCUT2D eigenvalue weighted by atomic mass is 32.2. The Kier molecular flexibility index (Phi) is 6.90. The molecule has 8 nitrogen and oxygen atoms in total. The minimum Gasteiger partial charge on any atom is -0.483 e. The number of hydrogen-bond donors (Lipinski definition) is 1. The van der Waals surface area contributed by atoms with E-state index in [1.807, 2.05) is 41.1 Å². The van der Waals surface area contributed by atoms with Gasteiger partial charge in [0.2, 0.25) is 10.0 Å². The SMILES string of the molecule is CN(C)S(=O)(=O)C[C@H]1COC[C@H]1n1ccnc1-c1ccccc1.O=CO. The van der Waals surface area contributed by atoms with Crippen LogP contribution in [-0.4, -0.2) is 66.9 Å². The molecular weight excluding hydrogens is 358 g/mol. The zero-order valence-electron chi connectivity index (χ0n) is 14.7. The lowest BCUT2D eigenvalue weighted by Gasteiger charge is -2.22. The lowest BCUT2D eigenvalue weighted by atomic mass is 10.1. The molecule has 1 aliphatic rings. The van der Waals surface area contributed by atoms with Crippen LogP contribution in [0.3, 0.4) is 0 Å². The second-order valence-electron chi connectivity index (χ2n) is 6.06.